The van der Waals surface area contributed by atoms with Crippen molar-refractivity contribution in [3.05, 3.63) is 59.7 Å². The van der Waals surface area contributed by atoms with Crippen LogP contribution in [0.4, 0.5) is 4.79 Å². The molecule has 184 valence electrons. The Morgan fingerprint density at radius 2 is 1.71 bits per heavy atom. The second kappa shape index (κ2) is 9.36. The number of carbonyl (C=O) groups excluding carboxylic acids is 2. The number of nitrogens with one attached hydrogen (secondary N) is 1. The quantitative estimate of drug-likeness (QED) is 0.644. The van der Waals surface area contributed by atoms with Gasteiger partial charge in [0.1, 0.15) is 6.61 Å². The van der Waals surface area contributed by atoms with Crippen LogP contribution in [-0.2, 0) is 14.3 Å². The van der Waals surface area contributed by atoms with Crippen LogP contribution in [0.25, 0.3) is 11.1 Å². The van der Waals surface area contributed by atoms with Crippen molar-refractivity contribution in [1.29, 1.82) is 0 Å². The van der Waals surface area contributed by atoms with Crippen LogP contribution in [0.15, 0.2) is 48.5 Å². The minimum Gasteiger partial charge on any atom is -0.481 e. The van der Waals surface area contributed by atoms with Crippen molar-refractivity contribution >= 4 is 18.0 Å². The van der Waals surface area contributed by atoms with Gasteiger partial charge in [0.05, 0.1) is 11.3 Å². The molecule has 1 saturated heterocycles. The summed E-state index contributed by atoms with van der Waals surface area (Å²) in [4.78, 5) is 39.5. The molecule has 1 heterocycles. The van der Waals surface area contributed by atoms with Gasteiger partial charge < -0.3 is 20.1 Å². The Bertz CT molecular complexity index is 1100. The zero-order valence-corrected chi connectivity index (χ0v) is 20.0. The second-order valence-corrected chi connectivity index (χ2v) is 10.1. The average Bonchev–Trinajstić information content (AvgIpc) is 3.59. The normalized spacial score (nSPS) is 25.2. The van der Waals surface area contributed by atoms with Crippen molar-refractivity contribution in [1.82, 2.24) is 10.2 Å². The number of hydrogen-bond donors (Lipinski definition) is 2. The Balaban J connectivity index is 1.21. The summed E-state index contributed by atoms with van der Waals surface area (Å²) >= 11 is 0. The monoisotopic (exact) mass is 476 g/mol. The van der Waals surface area contributed by atoms with E-state index in [0.717, 1.165) is 17.5 Å². The van der Waals surface area contributed by atoms with Gasteiger partial charge in [0.15, 0.2) is 0 Å². The topological polar surface area (TPSA) is 95.9 Å². The summed E-state index contributed by atoms with van der Waals surface area (Å²) in [7, 11) is 0. The molecular weight excluding hydrogens is 444 g/mol. The van der Waals surface area contributed by atoms with E-state index in [1.54, 1.807) is 4.90 Å². The number of aliphatic carboxylic acids is 1. The second-order valence-electron chi connectivity index (χ2n) is 10.1. The lowest BCUT2D eigenvalue weighted by Crippen LogP contribution is -2.46. The molecule has 2 aromatic rings. The van der Waals surface area contributed by atoms with E-state index in [2.05, 4.69) is 29.6 Å². The maximum absolute atomic E-state index is 13.2. The van der Waals surface area contributed by atoms with E-state index in [4.69, 9.17) is 4.74 Å². The van der Waals surface area contributed by atoms with Crippen LogP contribution < -0.4 is 5.32 Å². The van der Waals surface area contributed by atoms with Crippen LogP contribution in [0.5, 0.6) is 0 Å². The van der Waals surface area contributed by atoms with Crippen LogP contribution in [-0.4, -0.2) is 53.7 Å². The van der Waals surface area contributed by atoms with Crippen LogP contribution in [0.3, 0.4) is 0 Å². The Hall–Kier alpha value is -3.35. The molecule has 5 rings (SSSR count). The number of benzene rings is 2. The first-order chi connectivity index (χ1) is 16.9. The van der Waals surface area contributed by atoms with Gasteiger partial charge in [-0.15, -0.1) is 0 Å². The first-order valence-corrected chi connectivity index (χ1v) is 12.6. The maximum atomic E-state index is 13.2. The van der Waals surface area contributed by atoms with Crippen molar-refractivity contribution in [2.75, 3.05) is 19.7 Å². The molecular formula is C28H32N2O5. The highest BCUT2D eigenvalue weighted by molar-refractivity contribution is 5.84. The van der Waals surface area contributed by atoms with Crippen molar-refractivity contribution in [2.24, 2.45) is 11.3 Å². The van der Waals surface area contributed by atoms with Crippen molar-refractivity contribution in [3.8, 4) is 11.1 Å². The minimum absolute atomic E-state index is 0.0167. The minimum atomic E-state index is -0.857. The van der Waals surface area contributed by atoms with Crippen LogP contribution >= 0.6 is 0 Å². The molecule has 35 heavy (non-hydrogen) atoms. The fourth-order valence-electron chi connectivity index (χ4n) is 6.13. The average molecular weight is 477 g/mol. The third-order valence-electron chi connectivity index (χ3n) is 8.28. The summed E-state index contributed by atoms with van der Waals surface area (Å²) in [6.45, 7) is 2.78. The summed E-state index contributed by atoms with van der Waals surface area (Å²) in [6, 6.07) is 16.1. The number of alkyl carbamates (subject to hydrolysis) is 1. The molecule has 7 nitrogen and oxygen atoms in total. The van der Waals surface area contributed by atoms with Crippen molar-refractivity contribution in [2.45, 2.75) is 51.0 Å². The van der Waals surface area contributed by atoms with E-state index < -0.39 is 17.5 Å². The van der Waals surface area contributed by atoms with Gasteiger partial charge in [0, 0.05) is 25.0 Å². The number of likely N-dealkylation sites (tertiary alicyclic amines) is 1. The number of rotatable bonds is 6. The Labute approximate surface area is 205 Å². The molecule has 2 aromatic carbocycles. The van der Waals surface area contributed by atoms with Crippen molar-refractivity contribution in [3.63, 3.8) is 0 Å². The fraction of sp³-hybridized carbons (Fsp3) is 0.464. The predicted octanol–water partition coefficient (Wildman–Crippen LogP) is 4.41. The molecule has 3 atom stereocenters. The van der Waals surface area contributed by atoms with Crippen LogP contribution in [0.1, 0.15) is 56.1 Å². The smallest absolute Gasteiger partial charge is 0.407 e. The summed E-state index contributed by atoms with van der Waals surface area (Å²) in [6.07, 6.45) is 2.71. The lowest BCUT2D eigenvalue weighted by atomic mass is 9.84. The van der Waals surface area contributed by atoms with E-state index in [9.17, 15) is 19.5 Å². The van der Waals surface area contributed by atoms with E-state index in [1.165, 1.54) is 11.1 Å². The van der Waals surface area contributed by atoms with Gasteiger partial charge in [-0.1, -0.05) is 61.9 Å². The van der Waals surface area contributed by atoms with Crippen LogP contribution in [0.2, 0.25) is 0 Å². The highest BCUT2D eigenvalue weighted by Crippen LogP contribution is 2.44. The number of carboxylic acids is 1. The van der Waals surface area contributed by atoms with Gasteiger partial charge in [-0.3, -0.25) is 9.59 Å². The molecule has 2 fully saturated rings. The zero-order chi connectivity index (χ0) is 24.6. The van der Waals surface area contributed by atoms with Gasteiger partial charge in [-0.05, 0) is 47.9 Å². The molecule has 1 unspecified atom stereocenters. The molecule has 0 aromatic heterocycles. The lowest BCUT2D eigenvalue weighted by Gasteiger charge is -2.27. The number of amides is 2. The number of carboxylic acid groups (broad SMARTS) is 1. The first kappa shape index (κ1) is 23.4. The van der Waals surface area contributed by atoms with Gasteiger partial charge in [-0.25, -0.2) is 4.79 Å². The van der Waals surface area contributed by atoms with E-state index in [-0.39, 0.29) is 36.9 Å². The SMILES string of the molecule is CCC1(C(=O)O)CCN(C(=O)[C@H]2CCC[C@H]2NC(=O)OCC2c3ccccc3-c3ccccc32)C1. The molecule has 0 spiro atoms. The summed E-state index contributed by atoms with van der Waals surface area (Å²) in [5.74, 6) is -1.24. The van der Waals surface area contributed by atoms with Gasteiger partial charge in [0.2, 0.25) is 5.91 Å². The summed E-state index contributed by atoms with van der Waals surface area (Å²) in [5.41, 5.74) is 3.80. The number of nitrogens with zero attached hydrogens (tertiary/aromatic N) is 1. The van der Waals surface area contributed by atoms with Gasteiger partial charge in [0.25, 0.3) is 0 Å². The number of fused-ring (bicyclic) bond motifs is 3. The molecule has 0 radical (unpaired) electrons. The predicted molar refractivity (Wildman–Crippen MR) is 131 cm³/mol. The third-order valence-corrected chi connectivity index (χ3v) is 8.28. The molecule has 3 aliphatic rings. The number of carbonyl (C=O) groups is 3. The lowest BCUT2D eigenvalue weighted by molar-refractivity contribution is -0.149. The van der Waals surface area contributed by atoms with E-state index in [0.29, 0.717) is 32.2 Å². The highest BCUT2D eigenvalue weighted by Gasteiger charge is 2.47. The number of hydrogen-bond acceptors (Lipinski definition) is 4. The molecule has 7 heteroatoms. The Morgan fingerprint density at radius 3 is 2.31 bits per heavy atom. The molecule has 2 amide bonds. The number of ether oxygens (including phenoxy) is 1. The molecule has 0 bridgehead atoms. The van der Waals surface area contributed by atoms with Crippen molar-refractivity contribution < 1.29 is 24.2 Å². The zero-order valence-electron chi connectivity index (χ0n) is 20.0. The summed E-state index contributed by atoms with van der Waals surface area (Å²) in [5, 5.41) is 12.6. The largest absolute Gasteiger partial charge is 0.481 e. The van der Waals surface area contributed by atoms with Gasteiger partial charge >= 0.3 is 12.1 Å². The fourth-order valence-corrected chi connectivity index (χ4v) is 6.13. The molecule has 1 saturated carbocycles. The molecule has 2 aliphatic carbocycles. The molecule has 2 N–H and O–H groups in total. The molecule has 1 aliphatic heterocycles. The first-order valence-electron chi connectivity index (χ1n) is 12.6. The third kappa shape index (κ3) is 4.17. The standard InChI is InChI=1S/C28H32N2O5/c1-2-28(26(32)33)14-15-30(17-28)25(31)22-12-7-13-24(22)29-27(34)35-16-23-20-10-5-3-8-18(20)19-9-4-6-11-21(19)23/h3-6,8-11,22-24H,2,7,12-17H2,1H3,(H,29,34)(H,32,33)/t22-,24+,28?/m0/s1. The van der Waals surface area contributed by atoms with E-state index in [1.807, 2.05) is 31.2 Å². The maximum Gasteiger partial charge on any atom is 0.407 e. The highest BCUT2D eigenvalue weighted by atomic mass is 16.5. The van der Waals surface area contributed by atoms with Gasteiger partial charge in [-0.2, -0.15) is 0 Å². The van der Waals surface area contributed by atoms with E-state index >= 15 is 0 Å². The summed E-state index contributed by atoms with van der Waals surface area (Å²) < 4.78 is 5.68. The Morgan fingerprint density at radius 1 is 1.06 bits per heavy atom. The van der Waals surface area contributed by atoms with Crippen LogP contribution in [0, 0.1) is 11.3 Å². The Kier molecular flexibility index (Phi) is 6.26.